The molecule has 0 heterocycles. The van der Waals surface area contributed by atoms with Gasteiger partial charge in [-0.25, -0.2) is 4.79 Å². The quantitative estimate of drug-likeness (QED) is 0.0212. The van der Waals surface area contributed by atoms with E-state index in [9.17, 15) is 19.5 Å². The lowest BCUT2D eigenvalue weighted by Crippen LogP contribution is -2.40. The highest BCUT2D eigenvalue weighted by molar-refractivity contribution is 5.71. The van der Waals surface area contributed by atoms with Gasteiger partial charge in [-0.05, 0) is 96.3 Å². The molecule has 0 aromatic heterocycles. The van der Waals surface area contributed by atoms with Crippen molar-refractivity contribution in [1.29, 1.82) is 0 Å². The van der Waals surface area contributed by atoms with Crippen molar-refractivity contribution >= 4 is 17.9 Å². The molecular formula is C56H94NO8+. The van der Waals surface area contributed by atoms with Crippen LogP contribution in [0.5, 0.6) is 0 Å². The van der Waals surface area contributed by atoms with Gasteiger partial charge in [-0.15, -0.1) is 0 Å². The second-order valence-electron chi connectivity index (χ2n) is 17.7. The number of carbonyl (C=O) groups excluding carboxylic acids is 2. The minimum Gasteiger partial charge on any atom is -0.477 e. The van der Waals surface area contributed by atoms with E-state index in [-0.39, 0.29) is 38.6 Å². The number of carboxylic acid groups (broad SMARTS) is 1. The first kappa shape index (κ1) is 61.2. The number of rotatable bonds is 45. The molecule has 0 radical (unpaired) electrons. The van der Waals surface area contributed by atoms with Crippen molar-refractivity contribution < 1.29 is 42.9 Å². The molecule has 0 fully saturated rings. The van der Waals surface area contributed by atoms with E-state index in [1.54, 1.807) is 0 Å². The summed E-state index contributed by atoms with van der Waals surface area (Å²) in [4.78, 5) is 37.3. The number of aliphatic carboxylic acids is 1. The lowest BCUT2D eigenvalue weighted by Gasteiger charge is -2.25. The molecule has 0 aliphatic rings. The molecule has 0 amide bonds. The predicted molar refractivity (Wildman–Crippen MR) is 272 cm³/mol. The fraction of sp³-hybridized carbons (Fsp3) is 0.661. The predicted octanol–water partition coefficient (Wildman–Crippen LogP) is 14.2. The van der Waals surface area contributed by atoms with Crippen molar-refractivity contribution in [2.45, 2.75) is 193 Å². The Morgan fingerprint density at radius 1 is 0.477 bits per heavy atom. The molecule has 2 unspecified atom stereocenters. The number of carbonyl (C=O) groups is 3. The third-order valence-electron chi connectivity index (χ3n) is 10.3. The number of allylic oxidation sites excluding steroid dienone is 16. The second-order valence-corrected chi connectivity index (χ2v) is 17.7. The molecule has 0 saturated heterocycles. The average Bonchev–Trinajstić information content (AvgIpc) is 3.27. The van der Waals surface area contributed by atoms with E-state index in [1.165, 1.54) is 25.7 Å². The zero-order valence-corrected chi connectivity index (χ0v) is 41.9. The second kappa shape index (κ2) is 46.7. The standard InChI is InChI=1S/C56H93NO8/c1-6-8-10-12-14-16-18-20-22-23-24-25-26-27-28-29-30-31-33-35-37-39-41-43-45-47-54(59)65-52(51-64-56(55(60)61)62-49-48-57(3,4)5)50-63-53(58)46-44-42-40-38-36-34-32-21-19-17-15-13-11-9-7-2/h8,10,14-17,20-22,24-25,27-28,30-32,52,56H,6-7,9,11-13,18-19,23,26,29,33-51H2,1-5H3/p+1/b10-8-,16-14-,17-15-,22-20-,25-24-,28-27-,31-30-,32-21-. The van der Waals surface area contributed by atoms with E-state index in [2.05, 4.69) is 111 Å². The Morgan fingerprint density at radius 2 is 0.877 bits per heavy atom. The first-order chi connectivity index (χ1) is 31.6. The summed E-state index contributed by atoms with van der Waals surface area (Å²) < 4.78 is 22.8. The summed E-state index contributed by atoms with van der Waals surface area (Å²) in [5.74, 6) is -2.06. The number of ether oxygens (including phenoxy) is 4. The molecule has 65 heavy (non-hydrogen) atoms. The van der Waals surface area contributed by atoms with Gasteiger partial charge < -0.3 is 28.5 Å². The molecule has 9 heteroatoms. The van der Waals surface area contributed by atoms with Crippen LogP contribution >= 0.6 is 0 Å². The number of carboxylic acids is 1. The number of unbranched alkanes of at least 4 members (excludes halogenated alkanes) is 14. The van der Waals surface area contributed by atoms with Crippen LogP contribution in [0.1, 0.15) is 181 Å². The monoisotopic (exact) mass is 909 g/mol. The molecule has 0 rings (SSSR count). The number of likely N-dealkylation sites (N-methyl/N-ethyl adjacent to an activating group) is 1. The van der Waals surface area contributed by atoms with Crippen LogP contribution in [0.15, 0.2) is 97.2 Å². The van der Waals surface area contributed by atoms with E-state index in [0.717, 1.165) is 122 Å². The van der Waals surface area contributed by atoms with E-state index >= 15 is 0 Å². The van der Waals surface area contributed by atoms with Gasteiger partial charge in [0, 0.05) is 12.8 Å². The van der Waals surface area contributed by atoms with Crippen LogP contribution in [0.4, 0.5) is 0 Å². The maximum absolute atomic E-state index is 12.8. The molecule has 0 aromatic rings. The smallest absolute Gasteiger partial charge is 0.361 e. The molecule has 0 aromatic carbocycles. The molecule has 9 nitrogen and oxygen atoms in total. The number of nitrogens with zero attached hydrogens (tertiary/aromatic N) is 1. The zero-order valence-electron chi connectivity index (χ0n) is 41.9. The fourth-order valence-electron chi connectivity index (χ4n) is 6.40. The van der Waals surface area contributed by atoms with Crippen LogP contribution in [0, 0.1) is 0 Å². The van der Waals surface area contributed by atoms with Gasteiger partial charge in [0.2, 0.25) is 0 Å². The molecule has 370 valence electrons. The van der Waals surface area contributed by atoms with Crippen LogP contribution in [-0.2, 0) is 33.3 Å². The lowest BCUT2D eigenvalue weighted by molar-refractivity contribution is -0.870. The van der Waals surface area contributed by atoms with Crippen molar-refractivity contribution in [2.24, 2.45) is 0 Å². The molecule has 0 aliphatic heterocycles. The molecule has 0 aliphatic carbocycles. The van der Waals surface area contributed by atoms with Gasteiger partial charge >= 0.3 is 17.9 Å². The van der Waals surface area contributed by atoms with Gasteiger partial charge in [-0.1, -0.05) is 169 Å². The first-order valence-corrected chi connectivity index (χ1v) is 25.4. The Morgan fingerprint density at radius 3 is 1.31 bits per heavy atom. The van der Waals surface area contributed by atoms with Crippen molar-refractivity contribution in [2.75, 3.05) is 47.5 Å². The summed E-state index contributed by atoms with van der Waals surface area (Å²) in [5.41, 5.74) is 0. The van der Waals surface area contributed by atoms with E-state index in [1.807, 2.05) is 21.1 Å². The topological polar surface area (TPSA) is 108 Å². The Kier molecular flexibility index (Phi) is 44.0. The zero-order chi connectivity index (χ0) is 47.7. The summed E-state index contributed by atoms with van der Waals surface area (Å²) in [6, 6.07) is 0. The van der Waals surface area contributed by atoms with Gasteiger partial charge in [-0.3, -0.25) is 9.59 Å². The molecule has 0 bridgehead atoms. The van der Waals surface area contributed by atoms with Gasteiger partial charge in [0.15, 0.2) is 6.10 Å². The Hall–Kier alpha value is -3.79. The molecule has 0 spiro atoms. The normalized spacial score (nSPS) is 13.7. The van der Waals surface area contributed by atoms with Crippen molar-refractivity contribution in [3.05, 3.63) is 97.2 Å². The Bertz CT molecular complexity index is 1380. The van der Waals surface area contributed by atoms with Crippen molar-refractivity contribution in [1.82, 2.24) is 0 Å². The van der Waals surface area contributed by atoms with E-state index < -0.39 is 24.3 Å². The average molecular weight is 909 g/mol. The SMILES string of the molecule is CC/C=C\C/C=C\C/C=C\C/C=C\C/C=C\C/C=C\CCCCCCCCC(=O)OC(COC(=O)CCCCCCC/C=C\C/C=C\CCCCC)COC(OCC[N+](C)(C)C)C(=O)O. The van der Waals surface area contributed by atoms with Crippen LogP contribution < -0.4 is 0 Å². The minimum absolute atomic E-state index is 0.177. The summed E-state index contributed by atoms with van der Waals surface area (Å²) in [6.45, 7) is 4.68. The Balaban J connectivity index is 4.41. The highest BCUT2D eigenvalue weighted by Gasteiger charge is 2.25. The third-order valence-corrected chi connectivity index (χ3v) is 10.3. The third kappa shape index (κ3) is 48.0. The molecule has 0 saturated carbocycles. The lowest BCUT2D eigenvalue weighted by atomic mass is 10.1. The van der Waals surface area contributed by atoms with E-state index in [0.29, 0.717) is 17.4 Å². The number of hydrogen-bond acceptors (Lipinski definition) is 7. The number of hydrogen-bond donors (Lipinski definition) is 1. The van der Waals surface area contributed by atoms with Crippen LogP contribution in [0.2, 0.25) is 0 Å². The summed E-state index contributed by atoms with van der Waals surface area (Å²) in [5, 5.41) is 9.67. The first-order valence-electron chi connectivity index (χ1n) is 25.4. The van der Waals surface area contributed by atoms with Gasteiger partial charge in [-0.2, -0.15) is 0 Å². The Labute approximate surface area is 397 Å². The van der Waals surface area contributed by atoms with Gasteiger partial charge in [0.1, 0.15) is 13.2 Å². The maximum Gasteiger partial charge on any atom is 0.361 e. The van der Waals surface area contributed by atoms with Gasteiger partial charge in [0.05, 0.1) is 34.4 Å². The van der Waals surface area contributed by atoms with Crippen molar-refractivity contribution in [3.8, 4) is 0 Å². The highest BCUT2D eigenvalue weighted by Crippen LogP contribution is 2.13. The largest absolute Gasteiger partial charge is 0.477 e. The summed E-state index contributed by atoms with van der Waals surface area (Å²) in [6.07, 6.45) is 58.9. The molecular weight excluding hydrogens is 815 g/mol. The van der Waals surface area contributed by atoms with E-state index in [4.69, 9.17) is 18.9 Å². The van der Waals surface area contributed by atoms with Crippen LogP contribution in [-0.4, -0.2) is 87.4 Å². The van der Waals surface area contributed by atoms with Crippen molar-refractivity contribution in [3.63, 3.8) is 0 Å². The summed E-state index contributed by atoms with van der Waals surface area (Å²) in [7, 11) is 5.94. The minimum atomic E-state index is -1.52. The van der Waals surface area contributed by atoms with Gasteiger partial charge in [0.25, 0.3) is 6.29 Å². The van der Waals surface area contributed by atoms with Crippen LogP contribution in [0.3, 0.4) is 0 Å². The highest BCUT2D eigenvalue weighted by atomic mass is 16.7. The number of quaternary nitrogens is 1. The maximum atomic E-state index is 12.8. The fourth-order valence-corrected chi connectivity index (χ4v) is 6.40. The number of esters is 2. The molecule has 1 N–H and O–H groups in total. The molecule has 2 atom stereocenters. The summed E-state index contributed by atoms with van der Waals surface area (Å²) >= 11 is 0. The van der Waals surface area contributed by atoms with Crippen LogP contribution in [0.25, 0.3) is 0 Å².